The van der Waals surface area contributed by atoms with Crippen molar-refractivity contribution in [3.8, 4) is 22.4 Å². The van der Waals surface area contributed by atoms with E-state index in [9.17, 15) is 9.59 Å². The van der Waals surface area contributed by atoms with E-state index < -0.39 is 6.04 Å². The second-order valence-corrected chi connectivity index (χ2v) is 9.56. The van der Waals surface area contributed by atoms with Crippen molar-refractivity contribution in [2.24, 2.45) is 7.05 Å². The Hall–Kier alpha value is -3.43. The summed E-state index contributed by atoms with van der Waals surface area (Å²) in [5, 5.41) is 8.16. The second kappa shape index (κ2) is 13.6. The van der Waals surface area contributed by atoms with Crippen molar-refractivity contribution < 1.29 is 9.59 Å². The lowest BCUT2D eigenvalue weighted by Gasteiger charge is -2.17. The minimum absolute atomic E-state index is 0.269. The predicted octanol–water partition coefficient (Wildman–Crippen LogP) is 5.73. The van der Waals surface area contributed by atoms with Gasteiger partial charge in [-0.1, -0.05) is 32.0 Å². The molecule has 2 N–H and O–H groups in total. The lowest BCUT2D eigenvalue weighted by Crippen LogP contribution is -2.44. The van der Waals surface area contributed by atoms with Gasteiger partial charge < -0.3 is 15.2 Å². The van der Waals surface area contributed by atoms with E-state index >= 15 is 0 Å². The molecule has 0 fully saturated rings. The van der Waals surface area contributed by atoms with E-state index in [4.69, 9.17) is 0 Å². The molecular formula is C27H31N5O2S2. The zero-order chi connectivity index (χ0) is 25.9. The Morgan fingerprint density at radius 1 is 1.08 bits per heavy atom. The van der Waals surface area contributed by atoms with Crippen molar-refractivity contribution in [3.05, 3.63) is 78.2 Å². The van der Waals surface area contributed by atoms with E-state index in [1.54, 1.807) is 47.2 Å². The maximum absolute atomic E-state index is 13.0. The van der Waals surface area contributed by atoms with Gasteiger partial charge in [0.05, 0.1) is 11.3 Å². The summed E-state index contributed by atoms with van der Waals surface area (Å²) in [5.41, 5.74) is 4.41. The number of aromatic nitrogens is 3. The number of nitrogens with one attached hydrogen (secondary N) is 2. The van der Waals surface area contributed by atoms with Crippen molar-refractivity contribution in [2.45, 2.75) is 26.3 Å². The van der Waals surface area contributed by atoms with E-state index in [2.05, 4.69) is 26.7 Å². The van der Waals surface area contributed by atoms with Gasteiger partial charge in [-0.3, -0.25) is 14.6 Å². The van der Waals surface area contributed by atoms with Crippen LogP contribution in [-0.4, -0.2) is 44.4 Å². The monoisotopic (exact) mass is 521 g/mol. The molecule has 1 unspecified atom stereocenters. The number of carbonyl (C=O) groups excluding carboxylic acids is 2. The van der Waals surface area contributed by atoms with E-state index in [0.717, 1.165) is 28.1 Å². The topological polar surface area (TPSA) is 88.9 Å². The number of pyridine rings is 1. The van der Waals surface area contributed by atoms with Crippen molar-refractivity contribution in [1.82, 2.24) is 19.9 Å². The first-order valence-electron chi connectivity index (χ1n) is 11.7. The van der Waals surface area contributed by atoms with Crippen LogP contribution in [0.15, 0.2) is 72.6 Å². The number of thioether (sulfide) groups is 1. The Balaban J connectivity index is 0.00000176. The molecule has 188 valence electrons. The molecule has 3 aromatic heterocycles. The fourth-order valence-corrected chi connectivity index (χ4v) is 4.64. The molecule has 4 rings (SSSR count). The average molecular weight is 522 g/mol. The van der Waals surface area contributed by atoms with Crippen molar-refractivity contribution in [1.29, 1.82) is 0 Å². The fourth-order valence-electron chi connectivity index (χ4n) is 3.44. The van der Waals surface area contributed by atoms with Gasteiger partial charge in [0.2, 0.25) is 5.91 Å². The van der Waals surface area contributed by atoms with Gasteiger partial charge in [-0.05, 0) is 53.8 Å². The van der Waals surface area contributed by atoms with E-state index in [1.165, 1.54) is 11.3 Å². The normalized spacial score (nSPS) is 11.2. The van der Waals surface area contributed by atoms with Gasteiger partial charge >= 0.3 is 0 Å². The molecule has 0 spiro atoms. The van der Waals surface area contributed by atoms with Crippen LogP contribution in [0.25, 0.3) is 22.4 Å². The van der Waals surface area contributed by atoms with Crippen LogP contribution in [0.5, 0.6) is 0 Å². The van der Waals surface area contributed by atoms with Crippen LogP contribution in [0.4, 0.5) is 5.13 Å². The second-order valence-electron chi connectivity index (χ2n) is 7.72. The number of benzene rings is 1. The molecule has 0 aliphatic heterocycles. The molecule has 0 saturated heterocycles. The molecule has 3 heterocycles. The Morgan fingerprint density at radius 3 is 2.53 bits per heavy atom. The summed E-state index contributed by atoms with van der Waals surface area (Å²) < 4.78 is 1.80. The minimum Gasteiger partial charge on any atom is -0.356 e. The number of rotatable bonds is 9. The van der Waals surface area contributed by atoms with Gasteiger partial charge in [0.1, 0.15) is 6.04 Å². The van der Waals surface area contributed by atoms with Crippen molar-refractivity contribution in [2.75, 3.05) is 17.3 Å². The van der Waals surface area contributed by atoms with Crippen LogP contribution in [0.2, 0.25) is 0 Å². The number of thiazole rings is 1. The lowest BCUT2D eigenvalue weighted by molar-refractivity contribution is -0.118. The number of anilines is 1. The number of hydrogen-bond donors (Lipinski definition) is 2. The Labute approximate surface area is 220 Å². The van der Waals surface area contributed by atoms with E-state index in [-0.39, 0.29) is 11.8 Å². The van der Waals surface area contributed by atoms with Crippen LogP contribution >= 0.6 is 23.1 Å². The third-order valence-corrected chi connectivity index (χ3v) is 6.63. The highest BCUT2D eigenvalue weighted by Gasteiger charge is 2.22. The highest BCUT2D eigenvalue weighted by atomic mass is 32.2. The number of carbonyl (C=O) groups is 2. The molecule has 4 aromatic rings. The first-order chi connectivity index (χ1) is 17.5. The molecule has 2 amide bonds. The molecule has 7 nitrogen and oxygen atoms in total. The van der Waals surface area contributed by atoms with Gasteiger partial charge in [-0.2, -0.15) is 11.8 Å². The molecule has 0 aliphatic rings. The zero-order valence-electron chi connectivity index (χ0n) is 20.9. The fraction of sp³-hybridized carbons (Fsp3) is 0.259. The maximum atomic E-state index is 13.0. The van der Waals surface area contributed by atoms with Crippen LogP contribution in [0.3, 0.4) is 0 Å². The third kappa shape index (κ3) is 7.29. The number of hydrogen-bond acceptors (Lipinski definition) is 6. The molecule has 9 heteroatoms. The van der Waals surface area contributed by atoms with Crippen molar-refractivity contribution >= 4 is 40.0 Å². The first-order valence-corrected chi connectivity index (χ1v) is 14.0. The minimum atomic E-state index is -0.650. The maximum Gasteiger partial charge on any atom is 0.253 e. The van der Waals surface area contributed by atoms with Crippen LogP contribution in [0.1, 0.15) is 30.6 Å². The molecule has 0 saturated carbocycles. The molecule has 1 atom stereocenters. The van der Waals surface area contributed by atoms with Gasteiger partial charge in [-0.25, -0.2) is 4.98 Å². The molecule has 0 aliphatic carbocycles. The van der Waals surface area contributed by atoms with Gasteiger partial charge in [0.25, 0.3) is 5.91 Å². The summed E-state index contributed by atoms with van der Waals surface area (Å²) in [4.78, 5) is 34.3. The summed E-state index contributed by atoms with van der Waals surface area (Å²) in [6.07, 6.45) is 9.56. The van der Waals surface area contributed by atoms with Crippen LogP contribution in [0, 0.1) is 0 Å². The smallest absolute Gasteiger partial charge is 0.253 e. The van der Waals surface area contributed by atoms with E-state index in [1.807, 2.05) is 62.9 Å². The lowest BCUT2D eigenvalue weighted by atomic mass is 10.0. The van der Waals surface area contributed by atoms with Crippen LogP contribution in [-0.2, 0) is 11.8 Å². The Morgan fingerprint density at radius 2 is 1.83 bits per heavy atom. The Kier molecular flexibility index (Phi) is 10.3. The highest BCUT2D eigenvalue weighted by Crippen LogP contribution is 2.28. The van der Waals surface area contributed by atoms with Gasteiger partial charge in [0, 0.05) is 42.8 Å². The summed E-state index contributed by atoms with van der Waals surface area (Å²) in [6.45, 7) is 4.00. The quantitative estimate of drug-likeness (QED) is 0.294. The number of nitrogens with zero attached hydrogens (tertiary/aromatic N) is 3. The van der Waals surface area contributed by atoms with Crippen LogP contribution < -0.4 is 10.6 Å². The van der Waals surface area contributed by atoms with Gasteiger partial charge in [-0.15, -0.1) is 11.3 Å². The molecule has 0 radical (unpaired) electrons. The first kappa shape index (κ1) is 27.2. The van der Waals surface area contributed by atoms with Gasteiger partial charge in [0.15, 0.2) is 5.13 Å². The molecular weight excluding hydrogens is 490 g/mol. The number of amides is 2. The number of aryl methyl sites for hydroxylation is 1. The third-order valence-electron chi connectivity index (χ3n) is 5.23. The highest BCUT2D eigenvalue weighted by molar-refractivity contribution is 7.98. The largest absolute Gasteiger partial charge is 0.356 e. The molecule has 0 bridgehead atoms. The van der Waals surface area contributed by atoms with Crippen molar-refractivity contribution in [3.63, 3.8) is 0 Å². The Bertz CT molecular complexity index is 1270. The summed E-state index contributed by atoms with van der Waals surface area (Å²) in [5.74, 6) is 0.206. The summed E-state index contributed by atoms with van der Waals surface area (Å²) >= 11 is 2.99. The van der Waals surface area contributed by atoms with E-state index in [0.29, 0.717) is 17.1 Å². The molecule has 36 heavy (non-hydrogen) atoms. The predicted molar refractivity (Wildman–Crippen MR) is 150 cm³/mol. The molecule has 1 aromatic carbocycles. The summed E-state index contributed by atoms with van der Waals surface area (Å²) in [6, 6.07) is 13.1. The standard InChI is InChI=1S/C25H25N5O2S2.C2H6/c1-30-12-8-20(15-30)23(31)27-21(9-13-33-2)24(32)29-25-28-22(16-34-25)19-5-3-4-18(14-19)17-6-10-26-11-7-17;1-2/h3-8,10-12,14-16,21H,9,13H2,1-2H3,(H,27,31)(H,28,29,32);1-2H3. The summed E-state index contributed by atoms with van der Waals surface area (Å²) in [7, 11) is 1.85. The average Bonchev–Trinajstić information content (AvgIpc) is 3.57. The zero-order valence-corrected chi connectivity index (χ0v) is 22.5. The SMILES string of the molecule is CC.CSCCC(NC(=O)c1ccn(C)c1)C(=O)Nc1nc(-c2cccc(-c3ccncc3)c2)cs1.